The number of ether oxygens (including phenoxy) is 1. The molecular weight excluding hydrogens is 288 g/mol. The van der Waals surface area contributed by atoms with E-state index in [1.165, 1.54) is 6.07 Å². The third-order valence-corrected chi connectivity index (χ3v) is 3.51. The molecule has 0 unspecified atom stereocenters. The van der Waals surface area contributed by atoms with Gasteiger partial charge in [-0.15, -0.1) is 0 Å². The summed E-state index contributed by atoms with van der Waals surface area (Å²) in [6.45, 7) is 8.15. The van der Waals surface area contributed by atoms with E-state index in [9.17, 15) is 4.79 Å². The number of fused-ring (bicyclic) bond motifs is 1. The lowest BCUT2D eigenvalue weighted by Crippen LogP contribution is -2.03. The molecule has 0 radical (unpaired) electrons. The Morgan fingerprint density at radius 2 is 1.91 bits per heavy atom. The van der Waals surface area contributed by atoms with Gasteiger partial charge in [0.1, 0.15) is 17.9 Å². The summed E-state index contributed by atoms with van der Waals surface area (Å²) < 4.78 is 11.3. The van der Waals surface area contributed by atoms with Crippen molar-refractivity contribution < 1.29 is 9.15 Å². The molecule has 0 N–H and O–H groups in total. The fraction of sp³-hybridized carbons (Fsp3) is 0.150. The van der Waals surface area contributed by atoms with Crippen LogP contribution in [0.4, 0.5) is 0 Å². The minimum absolute atomic E-state index is 0.368. The van der Waals surface area contributed by atoms with Crippen molar-refractivity contribution in [3.05, 3.63) is 76.7 Å². The predicted molar refractivity (Wildman–Crippen MR) is 93.0 cm³/mol. The van der Waals surface area contributed by atoms with Crippen molar-refractivity contribution >= 4 is 11.0 Å². The van der Waals surface area contributed by atoms with Gasteiger partial charge < -0.3 is 9.15 Å². The van der Waals surface area contributed by atoms with Crippen LogP contribution in [0.3, 0.4) is 0 Å². The van der Waals surface area contributed by atoms with Crippen molar-refractivity contribution in [2.75, 3.05) is 6.61 Å². The minimum Gasteiger partial charge on any atom is -0.488 e. The van der Waals surface area contributed by atoms with Crippen LogP contribution in [0.1, 0.15) is 12.5 Å². The summed E-state index contributed by atoms with van der Waals surface area (Å²) in [5.74, 6) is 0.700. The Kier molecular flexibility index (Phi) is 4.02. The number of rotatable bonds is 4. The molecule has 0 amide bonds. The summed E-state index contributed by atoms with van der Waals surface area (Å²) in [7, 11) is 0. The van der Waals surface area contributed by atoms with Crippen molar-refractivity contribution in [1.29, 1.82) is 0 Å². The molecule has 0 spiro atoms. The lowest BCUT2D eigenvalue weighted by Gasteiger charge is -2.13. The Hall–Kier alpha value is -2.81. The highest BCUT2D eigenvalue weighted by Crippen LogP contribution is 2.35. The second-order valence-corrected chi connectivity index (χ2v) is 5.73. The lowest BCUT2D eigenvalue weighted by molar-refractivity contribution is 0.356. The molecule has 0 saturated heterocycles. The van der Waals surface area contributed by atoms with E-state index in [4.69, 9.17) is 9.15 Å². The summed E-state index contributed by atoms with van der Waals surface area (Å²) in [5, 5.41) is 0.808. The molecule has 0 aliphatic heterocycles. The summed E-state index contributed by atoms with van der Waals surface area (Å²) in [5.41, 5.74) is 3.84. The van der Waals surface area contributed by atoms with Crippen molar-refractivity contribution in [2.24, 2.45) is 0 Å². The van der Waals surface area contributed by atoms with Crippen molar-refractivity contribution in [2.45, 2.75) is 13.8 Å². The maximum atomic E-state index is 11.9. The first kappa shape index (κ1) is 15.1. The average molecular weight is 306 g/mol. The van der Waals surface area contributed by atoms with Crippen LogP contribution in [-0.2, 0) is 0 Å². The molecule has 3 rings (SSSR count). The van der Waals surface area contributed by atoms with Crippen LogP contribution < -0.4 is 10.4 Å². The van der Waals surface area contributed by atoms with Crippen LogP contribution in [0.25, 0.3) is 22.1 Å². The summed E-state index contributed by atoms with van der Waals surface area (Å²) >= 11 is 0. The summed E-state index contributed by atoms with van der Waals surface area (Å²) in [4.78, 5) is 11.9. The molecule has 0 aliphatic carbocycles. The van der Waals surface area contributed by atoms with Crippen LogP contribution >= 0.6 is 0 Å². The average Bonchev–Trinajstić information content (AvgIpc) is 2.52. The van der Waals surface area contributed by atoms with E-state index in [1.807, 2.05) is 56.3 Å². The monoisotopic (exact) mass is 306 g/mol. The molecule has 23 heavy (non-hydrogen) atoms. The Morgan fingerprint density at radius 1 is 1.17 bits per heavy atom. The minimum atomic E-state index is -0.368. The van der Waals surface area contributed by atoms with Crippen LogP contribution in [0.5, 0.6) is 5.75 Å². The van der Waals surface area contributed by atoms with Crippen LogP contribution in [0.2, 0.25) is 0 Å². The molecule has 116 valence electrons. The second-order valence-electron chi connectivity index (χ2n) is 5.73. The van der Waals surface area contributed by atoms with Crippen LogP contribution in [0, 0.1) is 6.92 Å². The van der Waals surface area contributed by atoms with Gasteiger partial charge in [-0.1, -0.05) is 36.9 Å². The van der Waals surface area contributed by atoms with E-state index >= 15 is 0 Å². The molecular formula is C20H18O3. The van der Waals surface area contributed by atoms with Gasteiger partial charge in [0.25, 0.3) is 0 Å². The third kappa shape index (κ3) is 3.19. The standard InChI is InChI=1S/C20H18O3/c1-13(2)12-22-17-9-14(3)10-18-20(17)16(11-19(21)23-18)15-7-5-4-6-8-15/h4-11H,1,12H2,2-3H3. The molecule has 0 aliphatic rings. The van der Waals surface area contributed by atoms with Gasteiger partial charge in [0.15, 0.2) is 0 Å². The van der Waals surface area contributed by atoms with E-state index in [0.717, 1.165) is 27.6 Å². The van der Waals surface area contributed by atoms with Gasteiger partial charge in [-0.25, -0.2) is 4.79 Å². The fourth-order valence-electron chi connectivity index (χ4n) is 2.55. The summed E-state index contributed by atoms with van der Waals surface area (Å²) in [6.07, 6.45) is 0. The van der Waals surface area contributed by atoms with E-state index < -0.39 is 0 Å². The summed E-state index contributed by atoms with van der Waals surface area (Å²) in [6, 6.07) is 15.1. The molecule has 3 heteroatoms. The first-order chi connectivity index (χ1) is 11.0. The largest absolute Gasteiger partial charge is 0.488 e. The Balaban J connectivity index is 2.30. The van der Waals surface area contributed by atoms with Crippen molar-refractivity contribution in [3.63, 3.8) is 0 Å². The highest BCUT2D eigenvalue weighted by atomic mass is 16.5. The van der Waals surface area contributed by atoms with Gasteiger partial charge in [-0.3, -0.25) is 0 Å². The highest BCUT2D eigenvalue weighted by Gasteiger charge is 2.14. The van der Waals surface area contributed by atoms with Crippen LogP contribution in [0.15, 0.2) is 69.9 Å². The highest BCUT2D eigenvalue weighted by molar-refractivity contribution is 5.98. The fourth-order valence-corrected chi connectivity index (χ4v) is 2.55. The molecule has 0 atom stereocenters. The van der Waals surface area contributed by atoms with Gasteiger partial charge in [-0.2, -0.15) is 0 Å². The first-order valence-corrected chi connectivity index (χ1v) is 7.46. The van der Waals surface area contributed by atoms with E-state index in [-0.39, 0.29) is 5.63 Å². The first-order valence-electron chi connectivity index (χ1n) is 7.46. The van der Waals surface area contributed by atoms with Gasteiger partial charge in [0.05, 0.1) is 5.39 Å². The molecule has 1 aromatic heterocycles. The molecule has 1 heterocycles. The van der Waals surface area contributed by atoms with Gasteiger partial charge in [0, 0.05) is 11.6 Å². The number of hydrogen-bond acceptors (Lipinski definition) is 3. The van der Waals surface area contributed by atoms with E-state index in [2.05, 4.69) is 6.58 Å². The third-order valence-electron chi connectivity index (χ3n) is 3.51. The lowest BCUT2D eigenvalue weighted by atomic mass is 10.0. The van der Waals surface area contributed by atoms with E-state index in [0.29, 0.717) is 17.9 Å². The quantitative estimate of drug-likeness (QED) is 0.517. The molecule has 3 aromatic rings. The van der Waals surface area contributed by atoms with Crippen molar-refractivity contribution in [1.82, 2.24) is 0 Å². The SMILES string of the molecule is C=C(C)COc1cc(C)cc2oc(=O)cc(-c3ccccc3)c12. The maximum absolute atomic E-state index is 11.9. The van der Waals surface area contributed by atoms with E-state index in [1.54, 1.807) is 0 Å². The van der Waals surface area contributed by atoms with Gasteiger partial charge in [-0.05, 0) is 42.7 Å². The Bertz CT molecular complexity index is 921. The Labute approximate surface area is 134 Å². The molecule has 0 bridgehead atoms. The van der Waals surface area contributed by atoms with Crippen LogP contribution in [-0.4, -0.2) is 6.61 Å². The number of aryl methyl sites for hydroxylation is 1. The zero-order valence-electron chi connectivity index (χ0n) is 13.3. The topological polar surface area (TPSA) is 39.4 Å². The number of hydrogen-bond donors (Lipinski definition) is 0. The predicted octanol–water partition coefficient (Wildman–Crippen LogP) is 4.72. The number of benzene rings is 2. The normalized spacial score (nSPS) is 10.7. The molecule has 3 nitrogen and oxygen atoms in total. The second kappa shape index (κ2) is 6.13. The molecule has 0 saturated carbocycles. The zero-order chi connectivity index (χ0) is 16.4. The molecule has 2 aromatic carbocycles. The Morgan fingerprint density at radius 3 is 2.61 bits per heavy atom. The smallest absolute Gasteiger partial charge is 0.336 e. The maximum Gasteiger partial charge on any atom is 0.336 e. The van der Waals surface area contributed by atoms with Gasteiger partial charge >= 0.3 is 5.63 Å². The zero-order valence-corrected chi connectivity index (χ0v) is 13.3. The van der Waals surface area contributed by atoms with Gasteiger partial charge in [0.2, 0.25) is 0 Å². The van der Waals surface area contributed by atoms with Crippen molar-refractivity contribution in [3.8, 4) is 16.9 Å². The molecule has 0 fully saturated rings.